The van der Waals surface area contributed by atoms with Crippen molar-refractivity contribution in [3.8, 4) is 6.07 Å². The van der Waals surface area contributed by atoms with E-state index in [1.165, 1.54) is 0 Å². The number of ether oxygens (including phenoxy) is 1. The summed E-state index contributed by atoms with van der Waals surface area (Å²) >= 11 is 6.97. The summed E-state index contributed by atoms with van der Waals surface area (Å²) in [5.74, 6) is 0.166. The number of hydrogen-bond donors (Lipinski definition) is 1. The van der Waals surface area contributed by atoms with Gasteiger partial charge in [-0.3, -0.25) is 0 Å². The van der Waals surface area contributed by atoms with Crippen LogP contribution in [-0.2, 0) is 4.74 Å². The fourth-order valence-corrected chi connectivity index (χ4v) is 3.86. The molecule has 0 amide bonds. The van der Waals surface area contributed by atoms with E-state index < -0.39 is 0 Å². The zero-order valence-electron chi connectivity index (χ0n) is 13.0. The standard InChI is InChI=1S/C20H12Br2N2O/c21-13-4-1-11(2-5-13)18-16(10-23)20(24)25-17-8-3-12-9-14(22)6-7-15(12)19(17)18/h1-9,17H,24H2. The molecule has 1 unspecified atom stereocenters. The lowest BCUT2D eigenvalue weighted by molar-refractivity contribution is 0.191. The van der Waals surface area contributed by atoms with E-state index in [9.17, 15) is 5.26 Å². The van der Waals surface area contributed by atoms with Gasteiger partial charge in [0, 0.05) is 20.1 Å². The van der Waals surface area contributed by atoms with Gasteiger partial charge in [-0.05, 0) is 47.0 Å². The van der Waals surface area contributed by atoms with E-state index in [0.29, 0.717) is 5.57 Å². The molecule has 1 aliphatic carbocycles. The van der Waals surface area contributed by atoms with Crippen molar-refractivity contribution in [2.45, 2.75) is 6.10 Å². The monoisotopic (exact) mass is 454 g/mol. The van der Waals surface area contributed by atoms with Gasteiger partial charge in [0.2, 0.25) is 5.88 Å². The van der Waals surface area contributed by atoms with Gasteiger partial charge in [-0.1, -0.05) is 56.1 Å². The molecule has 2 N–H and O–H groups in total. The SMILES string of the molecule is N#CC1=C(N)OC2C=Cc3cc(Br)ccc3C2=C1c1ccc(Br)cc1. The molecule has 0 bridgehead atoms. The summed E-state index contributed by atoms with van der Waals surface area (Å²) in [6, 6.07) is 16.2. The summed E-state index contributed by atoms with van der Waals surface area (Å²) in [6.07, 6.45) is 3.70. The molecule has 1 atom stereocenters. The number of nitrogens with zero attached hydrogens (tertiary/aromatic N) is 1. The predicted octanol–water partition coefficient (Wildman–Crippen LogP) is 5.24. The summed E-state index contributed by atoms with van der Waals surface area (Å²) in [4.78, 5) is 0. The lowest BCUT2D eigenvalue weighted by atomic mass is 9.81. The molecule has 3 nitrogen and oxygen atoms in total. The molecular weight excluding hydrogens is 444 g/mol. The van der Waals surface area contributed by atoms with Gasteiger partial charge in [-0.25, -0.2) is 0 Å². The van der Waals surface area contributed by atoms with Gasteiger partial charge in [0.05, 0.1) is 0 Å². The van der Waals surface area contributed by atoms with Crippen LogP contribution < -0.4 is 5.73 Å². The Morgan fingerprint density at radius 3 is 2.48 bits per heavy atom. The summed E-state index contributed by atoms with van der Waals surface area (Å²) in [6.45, 7) is 0. The fraction of sp³-hybridized carbons (Fsp3) is 0.0500. The van der Waals surface area contributed by atoms with Crippen LogP contribution in [0.2, 0.25) is 0 Å². The molecular formula is C20H12Br2N2O. The van der Waals surface area contributed by atoms with Crippen LogP contribution in [0.15, 0.2) is 68.9 Å². The van der Waals surface area contributed by atoms with E-state index in [4.69, 9.17) is 10.5 Å². The third kappa shape index (κ3) is 2.72. The topological polar surface area (TPSA) is 59.0 Å². The van der Waals surface area contributed by atoms with Gasteiger partial charge in [-0.15, -0.1) is 0 Å². The zero-order valence-corrected chi connectivity index (χ0v) is 16.1. The summed E-state index contributed by atoms with van der Waals surface area (Å²) < 4.78 is 7.81. The van der Waals surface area contributed by atoms with Gasteiger partial charge in [-0.2, -0.15) is 5.26 Å². The van der Waals surface area contributed by atoms with Gasteiger partial charge >= 0.3 is 0 Å². The molecule has 0 saturated heterocycles. The van der Waals surface area contributed by atoms with E-state index in [-0.39, 0.29) is 12.0 Å². The Morgan fingerprint density at radius 2 is 1.76 bits per heavy atom. The highest BCUT2D eigenvalue weighted by molar-refractivity contribution is 9.10. The second-order valence-corrected chi connectivity index (χ2v) is 7.61. The van der Waals surface area contributed by atoms with Crippen LogP contribution in [0.3, 0.4) is 0 Å². The number of halogens is 2. The van der Waals surface area contributed by atoms with Crippen LogP contribution in [0.1, 0.15) is 16.7 Å². The Hall–Kier alpha value is -2.29. The number of hydrogen-bond acceptors (Lipinski definition) is 3. The molecule has 0 saturated carbocycles. The Kier molecular flexibility index (Phi) is 4.03. The molecule has 122 valence electrons. The van der Waals surface area contributed by atoms with Crippen molar-refractivity contribution in [2.75, 3.05) is 0 Å². The largest absolute Gasteiger partial charge is 0.466 e. The minimum atomic E-state index is -0.301. The lowest BCUT2D eigenvalue weighted by Gasteiger charge is -2.31. The van der Waals surface area contributed by atoms with Crippen LogP contribution in [0.25, 0.3) is 17.2 Å². The second-order valence-electron chi connectivity index (χ2n) is 5.78. The van der Waals surface area contributed by atoms with Crippen LogP contribution in [-0.4, -0.2) is 6.10 Å². The van der Waals surface area contributed by atoms with Gasteiger partial charge in [0.1, 0.15) is 17.7 Å². The van der Waals surface area contributed by atoms with Crippen LogP contribution in [0, 0.1) is 11.3 Å². The van der Waals surface area contributed by atoms with Crippen molar-refractivity contribution in [2.24, 2.45) is 5.73 Å². The number of rotatable bonds is 1. The Bertz CT molecular complexity index is 1010. The molecule has 2 aromatic rings. The van der Waals surface area contributed by atoms with Crippen molar-refractivity contribution in [3.05, 3.63) is 85.6 Å². The molecule has 2 aromatic carbocycles. The minimum Gasteiger partial charge on any atom is -0.466 e. The van der Waals surface area contributed by atoms with E-state index in [2.05, 4.69) is 44.0 Å². The molecule has 1 heterocycles. The highest BCUT2D eigenvalue weighted by Crippen LogP contribution is 2.44. The first-order chi connectivity index (χ1) is 12.1. The van der Waals surface area contributed by atoms with E-state index in [1.54, 1.807) is 0 Å². The van der Waals surface area contributed by atoms with Crippen molar-refractivity contribution in [1.29, 1.82) is 5.26 Å². The van der Waals surface area contributed by atoms with Crippen LogP contribution in [0.5, 0.6) is 0 Å². The molecule has 0 aromatic heterocycles. The number of benzene rings is 2. The van der Waals surface area contributed by atoms with Crippen molar-refractivity contribution < 1.29 is 4.74 Å². The summed E-state index contributed by atoms with van der Waals surface area (Å²) in [7, 11) is 0. The van der Waals surface area contributed by atoms with Crippen LogP contribution >= 0.6 is 31.9 Å². The van der Waals surface area contributed by atoms with Crippen molar-refractivity contribution in [3.63, 3.8) is 0 Å². The normalized spacial score (nSPS) is 18.4. The highest BCUT2D eigenvalue weighted by atomic mass is 79.9. The third-order valence-electron chi connectivity index (χ3n) is 4.30. The quantitative estimate of drug-likeness (QED) is 0.639. The molecule has 5 heteroatoms. The first kappa shape index (κ1) is 16.2. The molecule has 0 fully saturated rings. The fourth-order valence-electron chi connectivity index (χ4n) is 3.21. The van der Waals surface area contributed by atoms with Crippen molar-refractivity contribution >= 4 is 49.1 Å². The number of fused-ring (bicyclic) bond motifs is 3. The average Bonchev–Trinajstić information content (AvgIpc) is 2.61. The van der Waals surface area contributed by atoms with Crippen LogP contribution in [0.4, 0.5) is 0 Å². The number of nitrogens with two attached hydrogens (primary N) is 1. The highest BCUT2D eigenvalue weighted by Gasteiger charge is 2.33. The maximum atomic E-state index is 9.69. The minimum absolute atomic E-state index is 0.166. The van der Waals surface area contributed by atoms with E-state index in [0.717, 1.165) is 36.8 Å². The second kappa shape index (κ2) is 6.21. The molecule has 0 spiro atoms. The van der Waals surface area contributed by atoms with Gasteiger partial charge in [0.15, 0.2) is 0 Å². The van der Waals surface area contributed by atoms with Crippen molar-refractivity contribution in [1.82, 2.24) is 0 Å². The molecule has 4 rings (SSSR count). The van der Waals surface area contributed by atoms with Gasteiger partial charge in [0.25, 0.3) is 0 Å². The molecule has 0 radical (unpaired) electrons. The average molecular weight is 456 g/mol. The zero-order chi connectivity index (χ0) is 17.6. The first-order valence-electron chi connectivity index (χ1n) is 7.63. The van der Waals surface area contributed by atoms with E-state index >= 15 is 0 Å². The molecule has 2 aliphatic rings. The van der Waals surface area contributed by atoms with Gasteiger partial charge < -0.3 is 10.5 Å². The number of allylic oxidation sites excluding steroid dienone is 2. The third-order valence-corrected chi connectivity index (χ3v) is 5.33. The van der Waals surface area contributed by atoms with E-state index in [1.807, 2.05) is 48.6 Å². The Balaban J connectivity index is 2.05. The summed E-state index contributed by atoms with van der Waals surface area (Å²) in [5, 5.41) is 9.69. The lowest BCUT2D eigenvalue weighted by Crippen LogP contribution is -2.25. The maximum absolute atomic E-state index is 9.69. The maximum Gasteiger partial charge on any atom is 0.204 e. The number of nitriles is 1. The Labute approximate surface area is 162 Å². The molecule has 1 aliphatic heterocycles. The molecule has 25 heavy (non-hydrogen) atoms. The smallest absolute Gasteiger partial charge is 0.204 e. The predicted molar refractivity (Wildman–Crippen MR) is 106 cm³/mol. The summed E-state index contributed by atoms with van der Waals surface area (Å²) in [5.41, 5.74) is 11.3. The Morgan fingerprint density at radius 1 is 1.04 bits per heavy atom. The first-order valence-corrected chi connectivity index (χ1v) is 9.22.